The van der Waals surface area contributed by atoms with Gasteiger partial charge in [0, 0.05) is 0 Å². The van der Waals surface area contributed by atoms with Crippen molar-refractivity contribution in [3.8, 4) is 44.5 Å². The Morgan fingerprint density at radius 1 is 0.167 bits per heavy atom. The lowest BCUT2D eigenvalue weighted by Gasteiger charge is -2.20. The van der Waals surface area contributed by atoms with Crippen molar-refractivity contribution in [2.75, 3.05) is 0 Å². The van der Waals surface area contributed by atoms with Crippen molar-refractivity contribution in [2.45, 2.75) is 0 Å². The van der Waals surface area contributed by atoms with Crippen LogP contribution >= 0.6 is 0 Å². The zero-order valence-corrected chi connectivity index (χ0v) is 29.6. The van der Waals surface area contributed by atoms with Crippen LogP contribution < -0.4 is 0 Å². The first-order valence-electron chi connectivity index (χ1n) is 18.8. The largest absolute Gasteiger partial charge is 0.0622 e. The van der Waals surface area contributed by atoms with Gasteiger partial charge in [-0.3, -0.25) is 0 Å². The average molecular weight is 683 g/mol. The fourth-order valence-corrected chi connectivity index (χ4v) is 8.88. The maximum absolute atomic E-state index is 2.45. The van der Waals surface area contributed by atoms with Crippen LogP contribution in [0.1, 0.15) is 0 Å². The lowest BCUT2D eigenvalue weighted by molar-refractivity contribution is 1.63. The second-order valence-corrected chi connectivity index (χ2v) is 14.4. The highest BCUT2D eigenvalue weighted by Crippen LogP contribution is 2.47. The van der Waals surface area contributed by atoms with Gasteiger partial charge >= 0.3 is 0 Å². The molecule has 0 saturated carbocycles. The topological polar surface area (TPSA) is 0 Å². The minimum atomic E-state index is 1.21. The maximum atomic E-state index is 2.45. The predicted molar refractivity (Wildman–Crippen MR) is 233 cm³/mol. The second-order valence-electron chi connectivity index (χ2n) is 14.4. The van der Waals surface area contributed by atoms with E-state index in [9.17, 15) is 0 Å². The summed E-state index contributed by atoms with van der Waals surface area (Å²) in [7, 11) is 0. The van der Waals surface area contributed by atoms with E-state index in [1.807, 2.05) is 0 Å². The van der Waals surface area contributed by atoms with Gasteiger partial charge in [-0.25, -0.2) is 0 Å². The number of fused-ring (bicyclic) bond motifs is 9. The zero-order chi connectivity index (χ0) is 35.6. The summed E-state index contributed by atoms with van der Waals surface area (Å²) in [6, 6.07) is 76.3. The quantitative estimate of drug-likeness (QED) is 0.128. The molecule has 0 radical (unpaired) electrons. The van der Waals surface area contributed by atoms with Crippen molar-refractivity contribution in [1.29, 1.82) is 0 Å². The highest BCUT2D eigenvalue weighted by Gasteiger charge is 2.20. The Labute approximate surface area is 314 Å². The molecule has 0 aliphatic rings. The van der Waals surface area contributed by atoms with Gasteiger partial charge in [0.2, 0.25) is 0 Å². The summed E-state index contributed by atoms with van der Waals surface area (Å²) in [5.74, 6) is 0. The van der Waals surface area contributed by atoms with Crippen LogP contribution in [-0.2, 0) is 0 Å². The smallest absolute Gasteiger partial charge is 0.00259 e. The zero-order valence-electron chi connectivity index (χ0n) is 29.6. The van der Waals surface area contributed by atoms with E-state index in [0.717, 1.165) is 0 Å². The van der Waals surface area contributed by atoms with E-state index in [1.54, 1.807) is 0 Å². The van der Waals surface area contributed by atoms with Crippen molar-refractivity contribution >= 4 is 64.6 Å². The van der Waals surface area contributed by atoms with Crippen molar-refractivity contribution < 1.29 is 0 Å². The van der Waals surface area contributed by atoms with Crippen LogP contribution in [0.3, 0.4) is 0 Å². The standard InChI is InChI=1S/C54H34/c1-3-13-35(14-4-1)39-26-30-49-51(32-39)53(41-24-23-37-17-7-8-18-38(37)31-41)48-29-25-40(36-15-5-2-6-16-36)33-52(48)54(49)42-27-28-47-45-21-10-9-19-43(45)44-20-11-12-22-46(44)50(47)34-42/h1-34H. The van der Waals surface area contributed by atoms with Crippen molar-refractivity contribution in [2.24, 2.45) is 0 Å². The van der Waals surface area contributed by atoms with E-state index in [2.05, 4.69) is 206 Å². The third-order valence-electron chi connectivity index (χ3n) is 11.4. The minimum absolute atomic E-state index is 1.21. The van der Waals surface area contributed by atoms with E-state index in [0.29, 0.717) is 0 Å². The highest BCUT2D eigenvalue weighted by molar-refractivity contribution is 6.27. The predicted octanol–water partition coefficient (Wildman–Crippen LogP) is 15.3. The van der Waals surface area contributed by atoms with Gasteiger partial charge in [0.05, 0.1) is 0 Å². The molecule has 0 bridgehead atoms. The molecule has 0 unspecified atom stereocenters. The summed E-state index contributed by atoms with van der Waals surface area (Å²) in [6.45, 7) is 0. The Morgan fingerprint density at radius 2 is 0.537 bits per heavy atom. The third kappa shape index (κ3) is 4.85. The summed E-state index contributed by atoms with van der Waals surface area (Å²) in [5.41, 5.74) is 9.84. The molecule has 0 aliphatic carbocycles. The molecular weight excluding hydrogens is 649 g/mol. The molecule has 11 aromatic rings. The minimum Gasteiger partial charge on any atom is -0.0622 e. The average Bonchev–Trinajstić information content (AvgIpc) is 3.25. The first-order valence-corrected chi connectivity index (χ1v) is 18.8. The fraction of sp³-hybridized carbons (Fsp3) is 0. The Balaban J connectivity index is 1.30. The molecule has 0 heterocycles. The summed E-state index contributed by atoms with van der Waals surface area (Å²) < 4.78 is 0. The lowest BCUT2D eigenvalue weighted by Crippen LogP contribution is -1.93. The number of hydrogen-bond donors (Lipinski definition) is 0. The molecule has 0 spiro atoms. The Morgan fingerprint density at radius 3 is 1.09 bits per heavy atom. The van der Waals surface area contributed by atoms with Crippen molar-refractivity contribution in [3.05, 3.63) is 206 Å². The van der Waals surface area contributed by atoms with Gasteiger partial charge in [0.15, 0.2) is 0 Å². The summed E-state index contributed by atoms with van der Waals surface area (Å²) in [4.78, 5) is 0. The molecule has 0 amide bonds. The van der Waals surface area contributed by atoms with E-state index in [1.165, 1.54) is 109 Å². The Kier molecular flexibility index (Phi) is 6.97. The molecule has 250 valence electrons. The van der Waals surface area contributed by atoms with Crippen LogP contribution in [0.5, 0.6) is 0 Å². The highest BCUT2D eigenvalue weighted by atomic mass is 14.2. The van der Waals surface area contributed by atoms with Gasteiger partial charge in [-0.15, -0.1) is 0 Å². The fourth-order valence-electron chi connectivity index (χ4n) is 8.88. The summed E-state index contributed by atoms with van der Waals surface area (Å²) in [6.07, 6.45) is 0. The monoisotopic (exact) mass is 682 g/mol. The molecule has 0 nitrogen and oxygen atoms in total. The molecule has 0 saturated heterocycles. The molecule has 0 fully saturated rings. The molecule has 11 rings (SSSR count). The Bertz CT molecular complexity index is 3210. The normalized spacial score (nSPS) is 11.7. The van der Waals surface area contributed by atoms with Crippen LogP contribution in [0.25, 0.3) is 109 Å². The molecule has 0 atom stereocenters. The Hall–Kier alpha value is -7.02. The van der Waals surface area contributed by atoms with Crippen LogP contribution in [-0.4, -0.2) is 0 Å². The van der Waals surface area contributed by atoms with Crippen LogP contribution in [0.15, 0.2) is 206 Å². The van der Waals surface area contributed by atoms with Gasteiger partial charge in [0.1, 0.15) is 0 Å². The number of rotatable bonds is 4. The second kappa shape index (κ2) is 12.3. The van der Waals surface area contributed by atoms with Crippen molar-refractivity contribution in [3.63, 3.8) is 0 Å². The van der Waals surface area contributed by atoms with Crippen molar-refractivity contribution in [1.82, 2.24) is 0 Å². The molecule has 54 heavy (non-hydrogen) atoms. The molecule has 0 N–H and O–H groups in total. The van der Waals surface area contributed by atoms with E-state index in [4.69, 9.17) is 0 Å². The maximum Gasteiger partial charge on any atom is -0.00259 e. The number of benzene rings is 11. The summed E-state index contributed by atoms with van der Waals surface area (Å²) >= 11 is 0. The van der Waals surface area contributed by atoms with E-state index in [-0.39, 0.29) is 0 Å². The van der Waals surface area contributed by atoms with E-state index < -0.39 is 0 Å². The first-order chi connectivity index (χ1) is 26.8. The third-order valence-corrected chi connectivity index (χ3v) is 11.4. The van der Waals surface area contributed by atoms with E-state index >= 15 is 0 Å². The van der Waals surface area contributed by atoms with Gasteiger partial charge in [0.25, 0.3) is 0 Å². The molecule has 0 aromatic heterocycles. The van der Waals surface area contributed by atoms with Crippen LogP contribution in [0.4, 0.5) is 0 Å². The molecule has 11 aromatic carbocycles. The molecular formula is C54H34. The molecule has 0 aliphatic heterocycles. The van der Waals surface area contributed by atoms with Gasteiger partial charge in [-0.2, -0.15) is 0 Å². The van der Waals surface area contributed by atoms with Crippen LogP contribution in [0, 0.1) is 0 Å². The lowest BCUT2D eigenvalue weighted by atomic mass is 9.83. The van der Waals surface area contributed by atoms with Gasteiger partial charge in [-0.1, -0.05) is 182 Å². The SMILES string of the molecule is c1ccc(-c2ccc3c(-c4ccc5c6ccccc6c6ccccc6c5c4)c4cc(-c5ccccc5)ccc4c(-c4ccc5ccccc5c4)c3c2)cc1. The first kappa shape index (κ1) is 30.6. The van der Waals surface area contributed by atoms with Crippen LogP contribution in [0.2, 0.25) is 0 Å². The van der Waals surface area contributed by atoms with Gasteiger partial charge in [-0.05, 0) is 133 Å². The summed E-state index contributed by atoms with van der Waals surface area (Å²) in [5, 5.41) is 15.2. The van der Waals surface area contributed by atoms with Gasteiger partial charge < -0.3 is 0 Å². The molecule has 0 heteroatoms. The number of hydrogen-bond acceptors (Lipinski definition) is 0.